The fraction of sp³-hybridized carbons (Fsp3) is 0.800. The molecule has 0 radical (unpaired) electrons. The number of aliphatic hydroxyl groups is 1. The predicted molar refractivity (Wildman–Crippen MR) is 97.5 cm³/mol. The van der Waals surface area contributed by atoms with E-state index in [1.165, 1.54) is 0 Å². The van der Waals surface area contributed by atoms with Crippen molar-refractivity contribution < 1.29 is 5.11 Å². The van der Waals surface area contributed by atoms with Gasteiger partial charge in [0.05, 0.1) is 22.0 Å². The summed E-state index contributed by atoms with van der Waals surface area (Å²) in [6.07, 6.45) is 1.29. The molecule has 2 rings (SSSR count). The van der Waals surface area contributed by atoms with Crippen LogP contribution in [0.5, 0.6) is 0 Å². The van der Waals surface area contributed by atoms with E-state index in [0.29, 0.717) is 22.2 Å². The van der Waals surface area contributed by atoms with E-state index in [1.54, 1.807) is 0 Å². The molecule has 2 heterocycles. The molecule has 3 nitrogen and oxygen atoms in total. The highest BCUT2D eigenvalue weighted by molar-refractivity contribution is 9.10. The van der Waals surface area contributed by atoms with Crippen LogP contribution in [0.4, 0.5) is 0 Å². The Kier molecular flexibility index (Phi) is 6.53. The Morgan fingerprint density at radius 2 is 2.10 bits per heavy atom. The SMILES string of the molecule is CCc1nn(CC)c(CC(O)C2CSC(C)C(C)S2)c1Br. The molecule has 1 aliphatic rings. The highest BCUT2D eigenvalue weighted by Gasteiger charge is 2.31. The van der Waals surface area contributed by atoms with E-state index in [0.717, 1.165) is 34.6 Å². The van der Waals surface area contributed by atoms with E-state index in [2.05, 4.69) is 48.7 Å². The Hall–Kier alpha value is 0.350. The molecule has 0 aromatic carbocycles. The lowest BCUT2D eigenvalue weighted by atomic mass is 10.1. The van der Waals surface area contributed by atoms with E-state index in [4.69, 9.17) is 0 Å². The molecule has 21 heavy (non-hydrogen) atoms. The Bertz CT molecular complexity index is 480. The van der Waals surface area contributed by atoms with E-state index >= 15 is 0 Å². The zero-order chi connectivity index (χ0) is 15.6. The molecule has 0 aliphatic carbocycles. The lowest BCUT2D eigenvalue weighted by Gasteiger charge is -2.33. The highest BCUT2D eigenvalue weighted by Crippen LogP contribution is 2.38. The Labute approximate surface area is 144 Å². The van der Waals surface area contributed by atoms with Crippen molar-refractivity contribution in [2.24, 2.45) is 0 Å². The lowest BCUT2D eigenvalue weighted by Crippen LogP contribution is -2.36. The number of rotatable bonds is 5. The van der Waals surface area contributed by atoms with Crippen LogP contribution >= 0.6 is 39.5 Å². The molecule has 0 saturated carbocycles. The minimum absolute atomic E-state index is 0.305. The van der Waals surface area contributed by atoms with E-state index in [9.17, 15) is 5.11 Å². The fourth-order valence-electron chi connectivity index (χ4n) is 2.55. The van der Waals surface area contributed by atoms with E-state index in [-0.39, 0.29) is 6.10 Å². The topological polar surface area (TPSA) is 38.0 Å². The van der Waals surface area contributed by atoms with Gasteiger partial charge in [0.15, 0.2) is 0 Å². The van der Waals surface area contributed by atoms with Gasteiger partial charge in [0.2, 0.25) is 0 Å². The van der Waals surface area contributed by atoms with Crippen LogP contribution in [0.2, 0.25) is 0 Å². The maximum atomic E-state index is 10.7. The smallest absolute Gasteiger partial charge is 0.0766 e. The van der Waals surface area contributed by atoms with Gasteiger partial charge in [-0.2, -0.15) is 28.6 Å². The third-order valence-electron chi connectivity index (χ3n) is 4.10. The minimum atomic E-state index is -0.305. The summed E-state index contributed by atoms with van der Waals surface area (Å²) in [6, 6.07) is 0. The van der Waals surface area contributed by atoms with Crippen molar-refractivity contribution in [2.75, 3.05) is 5.75 Å². The largest absolute Gasteiger partial charge is 0.392 e. The predicted octanol–water partition coefficient (Wildman–Crippen LogP) is 3.76. The number of halogens is 1. The van der Waals surface area contributed by atoms with Gasteiger partial charge < -0.3 is 5.11 Å². The lowest BCUT2D eigenvalue weighted by molar-refractivity contribution is 0.174. The van der Waals surface area contributed by atoms with Crippen LogP contribution in [0, 0.1) is 0 Å². The van der Waals surface area contributed by atoms with Gasteiger partial charge in [0.25, 0.3) is 0 Å². The highest BCUT2D eigenvalue weighted by atomic mass is 79.9. The first-order valence-electron chi connectivity index (χ1n) is 7.67. The number of hydrogen-bond acceptors (Lipinski definition) is 4. The molecule has 1 aliphatic heterocycles. The summed E-state index contributed by atoms with van der Waals surface area (Å²) in [5.41, 5.74) is 2.23. The maximum Gasteiger partial charge on any atom is 0.0766 e. The van der Waals surface area contributed by atoms with Crippen molar-refractivity contribution in [3.05, 3.63) is 15.9 Å². The van der Waals surface area contributed by atoms with Crippen molar-refractivity contribution in [3.8, 4) is 0 Å². The van der Waals surface area contributed by atoms with Crippen LogP contribution in [-0.4, -0.2) is 42.5 Å². The average Bonchev–Trinajstić information content (AvgIpc) is 2.78. The van der Waals surface area contributed by atoms with Gasteiger partial charge in [-0.1, -0.05) is 20.8 Å². The van der Waals surface area contributed by atoms with Crippen molar-refractivity contribution >= 4 is 39.5 Å². The fourth-order valence-corrected chi connectivity index (χ4v) is 6.29. The third-order valence-corrected chi connectivity index (χ3v) is 8.55. The molecule has 4 unspecified atom stereocenters. The second kappa shape index (κ2) is 7.75. The number of nitrogens with zero attached hydrogens (tertiary/aromatic N) is 2. The number of thioether (sulfide) groups is 2. The zero-order valence-electron chi connectivity index (χ0n) is 13.2. The molecule has 0 amide bonds. The molecule has 1 fully saturated rings. The molecular weight excluding hydrogens is 368 g/mol. The van der Waals surface area contributed by atoms with Gasteiger partial charge in [-0.15, -0.1) is 0 Å². The Balaban J connectivity index is 2.09. The first kappa shape index (κ1) is 17.7. The molecular formula is C15H25BrN2OS2. The van der Waals surface area contributed by atoms with Gasteiger partial charge in [-0.25, -0.2) is 0 Å². The van der Waals surface area contributed by atoms with E-state index in [1.807, 2.05) is 28.2 Å². The zero-order valence-corrected chi connectivity index (χ0v) is 16.4. The third kappa shape index (κ3) is 4.01. The van der Waals surface area contributed by atoms with Crippen LogP contribution < -0.4 is 0 Å². The van der Waals surface area contributed by atoms with Gasteiger partial charge in [0.1, 0.15) is 0 Å². The number of hydrogen-bond donors (Lipinski definition) is 1. The number of aliphatic hydroxyl groups excluding tert-OH is 1. The van der Waals surface area contributed by atoms with Crippen LogP contribution in [0.3, 0.4) is 0 Å². The van der Waals surface area contributed by atoms with E-state index < -0.39 is 0 Å². The summed E-state index contributed by atoms with van der Waals surface area (Å²) >= 11 is 7.59. The molecule has 6 heteroatoms. The molecule has 0 bridgehead atoms. The van der Waals surface area contributed by atoms with Gasteiger partial charge in [-0.05, 0) is 29.3 Å². The number of aryl methyl sites for hydroxylation is 2. The van der Waals surface area contributed by atoms with Gasteiger partial charge in [-0.3, -0.25) is 4.68 Å². The molecule has 1 aromatic rings. The summed E-state index contributed by atoms with van der Waals surface area (Å²) in [5, 5.41) is 16.9. The van der Waals surface area contributed by atoms with Crippen molar-refractivity contribution in [1.29, 1.82) is 0 Å². The quantitative estimate of drug-likeness (QED) is 0.827. The van der Waals surface area contributed by atoms with Crippen LogP contribution in [0.25, 0.3) is 0 Å². The molecule has 4 atom stereocenters. The molecule has 1 N–H and O–H groups in total. The first-order valence-corrected chi connectivity index (χ1v) is 10.5. The van der Waals surface area contributed by atoms with Crippen LogP contribution in [0.1, 0.15) is 39.1 Å². The Morgan fingerprint density at radius 1 is 1.38 bits per heavy atom. The monoisotopic (exact) mass is 392 g/mol. The summed E-state index contributed by atoms with van der Waals surface area (Å²) in [6.45, 7) is 9.61. The minimum Gasteiger partial charge on any atom is -0.392 e. The van der Waals surface area contributed by atoms with Crippen molar-refractivity contribution in [2.45, 2.75) is 68.9 Å². The summed E-state index contributed by atoms with van der Waals surface area (Å²) < 4.78 is 3.11. The van der Waals surface area contributed by atoms with Crippen molar-refractivity contribution in [1.82, 2.24) is 9.78 Å². The normalized spacial score (nSPS) is 27.8. The van der Waals surface area contributed by atoms with Gasteiger partial charge in [0, 0.05) is 34.5 Å². The molecule has 0 spiro atoms. The number of aromatic nitrogens is 2. The Morgan fingerprint density at radius 3 is 2.67 bits per heavy atom. The molecule has 1 aromatic heterocycles. The van der Waals surface area contributed by atoms with Crippen LogP contribution in [-0.2, 0) is 19.4 Å². The molecule has 120 valence electrons. The second-order valence-corrected chi connectivity index (χ2v) is 9.39. The summed E-state index contributed by atoms with van der Waals surface area (Å²) in [4.78, 5) is 0. The standard InChI is InChI=1S/C15H25BrN2OS2/c1-5-11-15(16)12(18(6-2)17-11)7-13(19)14-8-20-9(3)10(4)21-14/h9-10,13-14,19H,5-8H2,1-4H3. The first-order chi connectivity index (χ1) is 9.97. The average molecular weight is 393 g/mol. The van der Waals surface area contributed by atoms with Gasteiger partial charge >= 0.3 is 0 Å². The summed E-state index contributed by atoms with van der Waals surface area (Å²) in [7, 11) is 0. The summed E-state index contributed by atoms with van der Waals surface area (Å²) in [5.74, 6) is 1.04. The van der Waals surface area contributed by atoms with Crippen molar-refractivity contribution in [3.63, 3.8) is 0 Å². The molecule has 1 saturated heterocycles. The second-order valence-electron chi connectivity index (χ2n) is 5.57. The maximum absolute atomic E-state index is 10.7. The van der Waals surface area contributed by atoms with Crippen LogP contribution in [0.15, 0.2) is 4.47 Å².